The predicted molar refractivity (Wildman–Crippen MR) is 54.6 cm³/mol. The van der Waals surface area contributed by atoms with Gasteiger partial charge in [-0.25, -0.2) is 0 Å². The topological polar surface area (TPSA) is 72.3 Å². The quantitative estimate of drug-likeness (QED) is 0.629. The van der Waals surface area contributed by atoms with Crippen molar-refractivity contribution < 1.29 is 5.11 Å². The van der Waals surface area contributed by atoms with E-state index in [4.69, 9.17) is 28.2 Å². The van der Waals surface area contributed by atoms with Crippen molar-refractivity contribution in [3.8, 4) is 0 Å². The molecule has 4 heteroatoms. The van der Waals surface area contributed by atoms with Gasteiger partial charge >= 0.3 is 0 Å². The van der Waals surface area contributed by atoms with Crippen LogP contribution in [0.4, 0.5) is 5.69 Å². The highest BCUT2D eigenvalue weighted by Gasteiger charge is 2.10. The molecule has 0 unspecified atom stereocenters. The van der Waals surface area contributed by atoms with Crippen molar-refractivity contribution in [2.24, 2.45) is 5.73 Å². The number of nitrogens with two attached hydrogens (primary N) is 2. The average molecular weight is 201 g/mol. The summed E-state index contributed by atoms with van der Waals surface area (Å²) in [7, 11) is 0. The number of hydrogen-bond acceptors (Lipinski definition) is 3. The lowest BCUT2D eigenvalue weighted by molar-refractivity contribution is 0.268. The van der Waals surface area contributed by atoms with Crippen LogP contribution in [0.25, 0.3) is 0 Å². The lowest BCUT2D eigenvalue weighted by Crippen LogP contribution is -2.15. The summed E-state index contributed by atoms with van der Waals surface area (Å²) in [5.41, 5.74) is 13.6. The van der Waals surface area contributed by atoms with Gasteiger partial charge in [0.15, 0.2) is 0 Å². The van der Waals surface area contributed by atoms with E-state index in [9.17, 15) is 0 Å². The summed E-state index contributed by atoms with van der Waals surface area (Å²) in [5, 5.41) is 9.36. The van der Waals surface area contributed by atoms with Gasteiger partial charge in [-0.05, 0) is 24.1 Å². The molecule has 0 saturated heterocycles. The highest BCUT2D eigenvalue weighted by Crippen LogP contribution is 2.26. The van der Waals surface area contributed by atoms with Crippen molar-refractivity contribution >= 4 is 17.3 Å². The van der Waals surface area contributed by atoms with Gasteiger partial charge in [0, 0.05) is 10.7 Å². The van der Waals surface area contributed by atoms with Crippen LogP contribution < -0.4 is 11.5 Å². The molecule has 0 saturated carbocycles. The molecule has 5 N–H and O–H groups in total. The minimum atomic E-state index is -0.438. The zero-order valence-corrected chi connectivity index (χ0v) is 8.17. The summed E-state index contributed by atoms with van der Waals surface area (Å²) in [6, 6.07) is 3.02. The molecule has 1 atom stereocenters. The Morgan fingerprint density at radius 3 is 2.69 bits per heavy atom. The minimum Gasteiger partial charge on any atom is -0.398 e. The van der Waals surface area contributed by atoms with E-state index in [1.165, 1.54) is 0 Å². The number of aliphatic hydroxyl groups is 1. The summed E-state index contributed by atoms with van der Waals surface area (Å²) >= 11 is 5.90. The SMILES string of the molecule is Cc1cc([C@H](N)CO)c(Cl)cc1N. The highest BCUT2D eigenvalue weighted by atomic mass is 35.5. The molecule has 0 fully saturated rings. The molecule has 1 aromatic rings. The second-order valence-electron chi connectivity index (χ2n) is 3.02. The van der Waals surface area contributed by atoms with Crippen LogP contribution in [0.5, 0.6) is 0 Å². The lowest BCUT2D eigenvalue weighted by Gasteiger charge is -2.12. The second-order valence-corrected chi connectivity index (χ2v) is 3.43. The van der Waals surface area contributed by atoms with Crippen molar-refractivity contribution in [2.45, 2.75) is 13.0 Å². The van der Waals surface area contributed by atoms with Gasteiger partial charge in [-0.15, -0.1) is 0 Å². The third-order valence-electron chi connectivity index (χ3n) is 1.98. The van der Waals surface area contributed by atoms with E-state index in [1.54, 1.807) is 12.1 Å². The van der Waals surface area contributed by atoms with Gasteiger partial charge in [0.2, 0.25) is 0 Å². The monoisotopic (exact) mass is 200 g/mol. The molecular formula is C9H13ClN2O. The molecule has 0 aliphatic carbocycles. The molecule has 3 nitrogen and oxygen atoms in total. The maximum absolute atomic E-state index is 8.86. The van der Waals surface area contributed by atoms with Gasteiger partial charge in [-0.3, -0.25) is 0 Å². The number of halogens is 1. The maximum atomic E-state index is 8.86. The van der Waals surface area contributed by atoms with Crippen LogP contribution in [-0.4, -0.2) is 11.7 Å². The van der Waals surface area contributed by atoms with Crippen molar-refractivity contribution in [1.82, 2.24) is 0 Å². The summed E-state index contributed by atoms with van der Waals surface area (Å²) < 4.78 is 0. The number of aryl methyl sites for hydroxylation is 1. The summed E-state index contributed by atoms with van der Waals surface area (Å²) in [5.74, 6) is 0. The fraction of sp³-hybridized carbons (Fsp3) is 0.333. The zero-order valence-electron chi connectivity index (χ0n) is 7.42. The van der Waals surface area contributed by atoms with E-state index in [2.05, 4.69) is 0 Å². The molecule has 1 aromatic carbocycles. The van der Waals surface area contributed by atoms with Crippen LogP contribution in [-0.2, 0) is 0 Å². The van der Waals surface area contributed by atoms with E-state index < -0.39 is 6.04 Å². The smallest absolute Gasteiger partial charge is 0.0624 e. The molecule has 0 radical (unpaired) electrons. The highest BCUT2D eigenvalue weighted by molar-refractivity contribution is 6.31. The maximum Gasteiger partial charge on any atom is 0.0624 e. The average Bonchev–Trinajstić information content (AvgIpc) is 2.10. The Balaban J connectivity index is 3.15. The standard InChI is InChI=1S/C9H13ClN2O/c1-5-2-6(9(12)4-13)7(10)3-8(5)11/h2-3,9,13H,4,11-12H2,1H3/t9-/m1/s1. The Morgan fingerprint density at radius 1 is 1.54 bits per heavy atom. The van der Waals surface area contributed by atoms with Gasteiger partial charge in [-0.2, -0.15) is 0 Å². The summed E-state index contributed by atoms with van der Waals surface area (Å²) in [6.07, 6.45) is 0. The number of benzene rings is 1. The van der Waals surface area contributed by atoms with E-state index in [0.717, 1.165) is 11.1 Å². The van der Waals surface area contributed by atoms with Crippen LogP contribution >= 0.6 is 11.6 Å². The van der Waals surface area contributed by atoms with E-state index in [0.29, 0.717) is 10.7 Å². The van der Waals surface area contributed by atoms with Crippen LogP contribution in [0, 0.1) is 6.92 Å². The predicted octanol–water partition coefficient (Wildman–Crippen LogP) is 1.22. The van der Waals surface area contributed by atoms with Crippen LogP contribution in [0.1, 0.15) is 17.2 Å². The van der Waals surface area contributed by atoms with Crippen molar-refractivity contribution in [2.75, 3.05) is 12.3 Å². The van der Waals surface area contributed by atoms with Gasteiger partial charge < -0.3 is 16.6 Å². The van der Waals surface area contributed by atoms with Gasteiger partial charge in [-0.1, -0.05) is 17.7 Å². The zero-order chi connectivity index (χ0) is 10.0. The number of rotatable bonds is 2. The first-order chi connectivity index (χ1) is 6.06. The molecule has 72 valence electrons. The Kier molecular flexibility index (Phi) is 3.14. The normalized spacial score (nSPS) is 12.9. The molecule has 0 heterocycles. The Hall–Kier alpha value is -0.770. The third kappa shape index (κ3) is 2.12. The largest absolute Gasteiger partial charge is 0.398 e. The third-order valence-corrected chi connectivity index (χ3v) is 2.31. The molecule has 0 aromatic heterocycles. The van der Waals surface area contributed by atoms with Gasteiger partial charge in [0.05, 0.1) is 12.6 Å². The van der Waals surface area contributed by atoms with Crippen molar-refractivity contribution in [3.63, 3.8) is 0 Å². The first-order valence-corrected chi connectivity index (χ1v) is 4.36. The number of aliphatic hydroxyl groups excluding tert-OH is 1. The van der Waals surface area contributed by atoms with Crippen molar-refractivity contribution in [3.05, 3.63) is 28.3 Å². The van der Waals surface area contributed by atoms with E-state index >= 15 is 0 Å². The molecule has 13 heavy (non-hydrogen) atoms. The summed E-state index contributed by atoms with van der Waals surface area (Å²) in [4.78, 5) is 0. The lowest BCUT2D eigenvalue weighted by atomic mass is 10.0. The van der Waals surface area contributed by atoms with Crippen LogP contribution in [0.2, 0.25) is 5.02 Å². The number of hydrogen-bond donors (Lipinski definition) is 3. The molecule has 0 amide bonds. The van der Waals surface area contributed by atoms with Crippen molar-refractivity contribution in [1.29, 1.82) is 0 Å². The number of anilines is 1. The Morgan fingerprint density at radius 2 is 2.15 bits per heavy atom. The van der Waals surface area contributed by atoms with E-state index in [-0.39, 0.29) is 6.61 Å². The molecule has 0 aliphatic heterocycles. The molecule has 0 spiro atoms. The second kappa shape index (κ2) is 3.96. The van der Waals surface area contributed by atoms with Crippen LogP contribution in [0.15, 0.2) is 12.1 Å². The van der Waals surface area contributed by atoms with Gasteiger partial charge in [0.25, 0.3) is 0 Å². The molecular weight excluding hydrogens is 188 g/mol. The molecule has 0 bridgehead atoms. The first-order valence-electron chi connectivity index (χ1n) is 3.98. The first kappa shape index (κ1) is 10.3. The van der Waals surface area contributed by atoms with Gasteiger partial charge in [0.1, 0.15) is 0 Å². The molecule has 0 aliphatic rings. The Labute approximate surface area is 82.3 Å². The minimum absolute atomic E-state index is 0.122. The van der Waals surface area contributed by atoms with Crippen LogP contribution in [0.3, 0.4) is 0 Å². The number of nitrogen functional groups attached to an aromatic ring is 1. The molecule has 1 rings (SSSR count). The fourth-order valence-electron chi connectivity index (χ4n) is 1.10. The summed E-state index contributed by atoms with van der Waals surface area (Å²) in [6.45, 7) is 1.75. The van der Waals surface area contributed by atoms with E-state index in [1.807, 2.05) is 6.92 Å². The Bertz CT molecular complexity index is 315. The fourth-order valence-corrected chi connectivity index (χ4v) is 1.41.